The first-order valence-corrected chi connectivity index (χ1v) is 9.10. The summed E-state index contributed by atoms with van der Waals surface area (Å²) in [5, 5.41) is 3.03. The van der Waals surface area contributed by atoms with Crippen LogP contribution in [0.3, 0.4) is 0 Å². The molecule has 1 amide bonds. The normalized spacial score (nSPS) is 10.5. The molecule has 0 atom stereocenters. The van der Waals surface area contributed by atoms with Gasteiger partial charge in [0.25, 0.3) is 0 Å². The lowest BCUT2D eigenvalue weighted by Gasteiger charge is -2.12. The lowest BCUT2D eigenvalue weighted by molar-refractivity contribution is -0.113. The molecule has 2 nitrogen and oxygen atoms in total. The Balaban J connectivity index is 1.89. The third kappa shape index (κ3) is 4.89. The molecular formula is C18H20BrNOS. The second-order valence-corrected chi connectivity index (χ2v) is 7.35. The van der Waals surface area contributed by atoms with E-state index in [0.717, 1.165) is 27.0 Å². The van der Waals surface area contributed by atoms with E-state index in [4.69, 9.17) is 0 Å². The number of halogens is 1. The zero-order valence-electron chi connectivity index (χ0n) is 13.1. The number of carbonyl (C=O) groups is 1. The third-order valence-corrected chi connectivity index (χ3v) is 4.83. The summed E-state index contributed by atoms with van der Waals surface area (Å²) in [6.45, 7) is 6.13. The monoisotopic (exact) mass is 377 g/mol. The van der Waals surface area contributed by atoms with Gasteiger partial charge in [0.1, 0.15) is 0 Å². The van der Waals surface area contributed by atoms with Crippen LogP contribution < -0.4 is 5.32 Å². The average Bonchev–Trinajstić information content (AvgIpc) is 2.43. The molecule has 0 aliphatic rings. The fourth-order valence-electron chi connectivity index (χ4n) is 2.44. The van der Waals surface area contributed by atoms with Crippen LogP contribution in [0.25, 0.3) is 0 Å². The van der Waals surface area contributed by atoms with Gasteiger partial charge in [-0.3, -0.25) is 4.79 Å². The molecule has 0 saturated heterocycles. The van der Waals surface area contributed by atoms with E-state index >= 15 is 0 Å². The summed E-state index contributed by atoms with van der Waals surface area (Å²) in [5.74, 6) is 1.34. The van der Waals surface area contributed by atoms with Crippen LogP contribution in [-0.4, -0.2) is 11.7 Å². The summed E-state index contributed by atoms with van der Waals surface area (Å²) >= 11 is 5.08. The van der Waals surface area contributed by atoms with Crippen molar-refractivity contribution in [2.45, 2.75) is 26.5 Å². The van der Waals surface area contributed by atoms with Crippen molar-refractivity contribution in [3.63, 3.8) is 0 Å². The van der Waals surface area contributed by atoms with Crippen LogP contribution in [0, 0.1) is 20.8 Å². The number of carbonyl (C=O) groups excluding carboxylic acids is 1. The zero-order valence-corrected chi connectivity index (χ0v) is 15.5. The summed E-state index contributed by atoms with van der Waals surface area (Å²) in [4.78, 5) is 12.1. The molecule has 0 aliphatic carbocycles. The second-order valence-electron chi connectivity index (χ2n) is 5.44. The smallest absolute Gasteiger partial charge is 0.234 e. The fraction of sp³-hybridized carbons (Fsp3) is 0.278. The first-order valence-electron chi connectivity index (χ1n) is 7.15. The van der Waals surface area contributed by atoms with E-state index in [1.54, 1.807) is 11.8 Å². The highest BCUT2D eigenvalue weighted by atomic mass is 79.9. The lowest BCUT2D eigenvalue weighted by atomic mass is 10.1. The van der Waals surface area contributed by atoms with E-state index < -0.39 is 0 Å². The van der Waals surface area contributed by atoms with E-state index in [-0.39, 0.29) is 5.91 Å². The Bertz CT molecular complexity index is 662. The molecule has 2 rings (SSSR count). The molecule has 0 radical (unpaired) electrons. The van der Waals surface area contributed by atoms with Crippen LogP contribution >= 0.6 is 27.7 Å². The van der Waals surface area contributed by atoms with Crippen LogP contribution in [0.1, 0.15) is 22.3 Å². The summed E-state index contributed by atoms with van der Waals surface area (Å²) in [6, 6.07) is 12.4. The van der Waals surface area contributed by atoms with E-state index in [0.29, 0.717) is 5.75 Å². The molecule has 2 aromatic carbocycles. The maximum Gasteiger partial charge on any atom is 0.234 e. The molecule has 1 N–H and O–H groups in total. The van der Waals surface area contributed by atoms with Gasteiger partial charge in [-0.1, -0.05) is 45.8 Å². The molecule has 0 saturated carbocycles. The van der Waals surface area contributed by atoms with Crippen LogP contribution in [0.15, 0.2) is 40.9 Å². The fourth-order valence-corrected chi connectivity index (χ4v) is 3.66. The van der Waals surface area contributed by atoms with Crippen LogP contribution in [-0.2, 0) is 10.5 Å². The van der Waals surface area contributed by atoms with E-state index in [2.05, 4.69) is 52.4 Å². The minimum absolute atomic E-state index is 0.0510. The molecule has 4 heteroatoms. The molecule has 2 aromatic rings. The molecule has 0 unspecified atom stereocenters. The van der Waals surface area contributed by atoms with Gasteiger partial charge in [-0.05, 0) is 49.6 Å². The van der Waals surface area contributed by atoms with Gasteiger partial charge >= 0.3 is 0 Å². The minimum atomic E-state index is 0.0510. The first kappa shape index (κ1) is 17.1. The number of anilines is 1. The van der Waals surface area contributed by atoms with Gasteiger partial charge in [0.05, 0.1) is 5.75 Å². The second kappa shape index (κ2) is 7.84. The van der Waals surface area contributed by atoms with Crippen molar-refractivity contribution in [3.8, 4) is 0 Å². The Morgan fingerprint density at radius 2 is 1.82 bits per heavy atom. The van der Waals surface area contributed by atoms with Gasteiger partial charge in [0, 0.05) is 15.9 Å². The Morgan fingerprint density at radius 1 is 1.14 bits per heavy atom. The summed E-state index contributed by atoms with van der Waals surface area (Å²) < 4.78 is 1.07. The molecule has 0 bridgehead atoms. The number of benzene rings is 2. The summed E-state index contributed by atoms with van der Waals surface area (Å²) in [6.07, 6.45) is 0. The molecule has 0 aromatic heterocycles. The molecule has 0 spiro atoms. The molecule has 22 heavy (non-hydrogen) atoms. The van der Waals surface area contributed by atoms with Crippen molar-refractivity contribution >= 4 is 39.3 Å². The zero-order chi connectivity index (χ0) is 16.1. The van der Waals surface area contributed by atoms with Crippen molar-refractivity contribution in [1.82, 2.24) is 0 Å². The minimum Gasteiger partial charge on any atom is -0.325 e. The van der Waals surface area contributed by atoms with Gasteiger partial charge in [0.2, 0.25) is 5.91 Å². The van der Waals surface area contributed by atoms with Crippen LogP contribution in [0.4, 0.5) is 5.69 Å². The van der Waals surface area contributed by atoms with Crippen molar-refractivity contribution in [2.75, 3.05) is 11.1 Å². The van der Waals surface area contributed by atoms with Gasteiger partial charge in [-0.2, -0.15) is 0 Å². The molecule has 0 aliphatic heterocycles. The van der Waals surface area contributed by atoms with Gasteiger partial charge in [0.15, 0.2) is 0 Å². The number of thioether (sulfide) groups is 1. The van der Waals surface area contributed by atoms with E-state index in [1.807, 2.05) is 26.0 Å². The summed E-state index contributed by atoms with van der Waals surface area (Å²) in [5.41, 5.74) is 5.61. The number of amides is 1. The van der Waals surface area contributed by atoms with Crippen LogP contribution in [0.2, 0.25) is 0 Å². The van der Waals surface area contributed by atoms with Crippen molar-refractivity contribution in [3.05, 3.63) is 63.1 Å². The standard InChI is InChI=1S/C18H20BrNOS/c1-12-7-13(2)18(14(3)8-12)20-17(21)11-22-10-15-5-4-6-16(19)9-15/h4-9H,10-11H2,1-3H3,(H,20,21). The van der Waals surface area contributed by atoms with Crippen molar-refractivity contribution in [1.29, 1.82) is 0 Å². The lowest BCUT2D eigenvalue weighted by Crippen LogP contribution is -2.16. The maximum absolute atomic E-state index is 12.1. The van der Waals surface area contributed by atoms with Crippen molar-refractivity contribution in [2.24, 2.45) is 0 Å². The van der Waals surface area contributed by atoms with E-state index in [1.165, 1.54) is 11.1 Å². The topological polar surface area (TPSA) is 29.1 Å². The predicted octanol–water partition coefficient (Wildman–Crippen LogP) is 5.25. The molecule has 0 heterocycles. The number of aryl methyl sites for hydroxylation is 3. The number of rotatable bonds is 5. The third-order valence-electron chi connectivity index (χ3n) is 3.33. The Hall–Kier alpha value is -1.26. The largest absolute Gasteiger partial charge is 0.325 e. The highest BCUT2D eigenvalue weighted by Crippen LogP contribution is 2.22. The van der Waals surface area contributed by atoms with Crippen molar-refractivity contribution < 1.29 is 4.79 Å². The SMILES string of the molecule is Cc1cc(C)c(NC(=O)CSCc2cccc(Br)c2)c(C)c1. The Labute approximate surface area is 144 Å². The predicted molar refractivity (Wildman–Crippen MR) is 99.6 cm³/mol. The average molecular weight is 378 g/mol. The number of hydrogen-bond donors (Lipinski definition) is 1. The van der Waals surface area contributed by atoms with Gasteiger partial charge in [-0.25, -0.2) is 0 Å². The number of hydrogen-bond acceptors (Lipinski definition) is 2. The number of nitrogens with one attached hydrogen (secondary N) is 1. The van der Waals surface area contributed by atoms with Crippen LogP contribution in [0.5, 0.6) is 0 Å². The first-order chi connectivity index (χ1) is 10.5. The molecule has 116 valence electrons. The Morgan fingerprint density at radius 3 is 2.45 bits per heavy atom. The summed E-state index contributed by atoms with van der Waals surface area (Å²) in [7, 11) is 0. The molecule has 0 fully saturated rings. The highest BCUT2D eigenvalue weighted by molar-refractivity contribution is 9.10. The highest BCUT2D eigenvalue weighted by Gasteiger charge is 2.08. The van der Waals surface area contributed by atoms with E-state index in [9.17, 15) is 4.79 Å². The Kier molecular flexibility index (Phi) is 6.09. The quantitative estimate of drug-likeness (QED) is 0.770. The maximum atomic E-state index is 12.1. The van der Waals surface area contributed by atoms with Gasteiger partial charge < -0.3 is 5.32 Å². The molecular weight excluding hydrogens is 358 g/mol. The van der Waals surface area contributed by atoms with Gasteiger partial charge in [-0.15, -0.1) is 11.8 Å².